The second-order valence-electron chi connectivity index (χ2n) is 14.1. The van der Waals surface area contributed by atoms with E-state index in [0.29, 0.717) is 32.2 Å². The summed E-state index contributed by atoms with van der Waals surface area (Å²) in [5.41, 5.74) is 8.51. The molecule has 0 spiro atoms. The standard InChI is InChI=1S/C42H49N5O8/c48-29-30-9-11-33(12-10-30)39-26-38(28-45-21-23-46(24-22-45)36-17-19-37(20-18-36)47(52)53)54-42(55-39)34-15-13-32(14-16-34)35-6-4-5-31(25-35)27-43-40(49)7-2-1-3-8-41(50)44-51/h4-6,9-20,25,38-39,42,48,51H,1-3,7-8,21-24,26-29H2,(H,43,49)(H,44,50)/t38-,39+,42+/m1/s1. The summed E-state index contributed by atoms with van der Waals surface area (Å²) in [5.74, 6) is -0.459. The average Bonchev–Trinajstić information content (AvgIpc) is 3.23. The van der Waals surface area contributed by atoms with E-state index in [1.54, 1.807) is 17.6 Å². The number of nitro groups is 1. The molecule has 2 aliphatic rings. The van der Waals surface area contributed by atoms with Gasteiger partial charge < -0.3 is 24.8 Å². The summed E-state index contributed by atoms with van der Waals surface area (Å²) in [6.45, 7) is 4.42. The average molecular weight is 752 g/mol. The van der Waals surface area contributed by atoms with Crippen molar-refractivity contribution in [2.24, 2.45) is 0 Å². The molecule has 0 aliphatic carbocycles. The maximum Gasteiger partial charge on any atom is 0.269 e. The van der Waals surface area contributed by atoms with Gasteiger partial charge in [0.05, 0.1) is 23.7 Å². The molecular weight excluding hydrogens is 702 g/mol. The van der Waals surface area contributed by atoms with Crippen LogP contribution in [0.25, 0.3) is 11.1 Å². The summed E-state index contributed by atoms with van der Waals surface area (Å²) in [7, 11) is 0. The lowest BCUT2D eigenvalue weighted by Crippen LogP contribution is -2.49. The van der Waals surface area contributed by atoms with Crippen molar-refractivity contribution in [2.75, 3.05) is 37.6 Å². The third-order valence-corrected chi connectivity index (χ3v) is 10.2. The van der Waals surface area contributed by atoms with Crippen LogP contribution in [0.3, 0.4) is 0 Å². The van der Waals surface area contributed by atoms with Crippen LogP contribution in [-0.4, -0.2) is 70.8 Å². The monoisotopic (exact) mass is 751 g/mol. The number of nitrogens with one attached hydrogen (secondary N) is 2. The van der Waals surface area contributed by atoms with Gasteiger partial charge in [0.25, 0.3) is 5.69 Å². The van der Waals surface area contributed by atoms with E-state index in [4.69, 9.17) is 14.7 Å². The molecule has 2 amide bonds. The molecular formula is C42H49N5O8. The Labute approximate surface area is 321 Å². The Morgan fingerprint density at radius 2 is 1.47 bits per heavy atom. The largest absolute Gasteiger partial charge is 0.392 e. The third kappa shape index (κ3) is 11.2. The topological polar surface area (TPSA) is 167 Å². The van der Waals surface area contributed by atoms with Crippen LogP contribution in [-0.2, 0) is 32.2 Å². The van der Waals surface area contributed by atoms with Crippen molar-refractivity contribution in [3.05, 3.63) is 129 Å². The first-order valence-corrected chi connectivity index (χ1v) is 18.9. The zero-order valence-electron chi connectivity index (χ0n) is 30.8. The smallest absolute Gasteiger partial charge is 0.269 e. The number of rotatable bonds is 16. The van der Waals surface area contributed by atoms with Crippen molar-refractivity contribution in [3.63, 3.8) is 0 Å². The second kappa shape index (κ2) is 19.4. The molecule has 2 heterocycles. The van der Waals surface area contributed by atoms with E-state index in [2.05, 4.69) is 33.3 Å². The first-order chi connectivity index (χ1) is 26.8. The fraction of sp³-hybridized carbons (Fsp3) is 0.381. The number of ether oxygens (including phenoxy) is 2. The van der Waals surface area contributed by atoms with E-state index >= 15 is 0 Å². The lowest BCUT2D eigenvalue weighted by atomic mass is 9.98. The van der Waals surface area contributed by atoms with Crippen LogP contribution >= 0.6 is 0 Å². The number of amides is 2. The van der Waals surface area contributed by atoms with Crippen LogP contribution in [0.2, 0.25) is 0 Å². The van der Waals surface area contributed by atoms with Gasteiger partial charge in [0.2, 0.25) is 11.8 Å². The van der Waals surface area contributed by atoms with Crippen molar-refractivity contribution in [1.29, 1.82) is 0 Å². The summed E-state index contributed by atoms with van der Waals surface area (Å²) >= 11 is 0. The number of benzene rings is 4. The van der Waals surface area contributed by atoms with Gasteiger partial charge in [0, 0.05) is 81.9 Å². The Morgan fingerprint density at radius 1 is 0.782 bits per heavy atom. The number of aliphatic hydroxyl groups excluding tert-OH is 1. The van der Waals surface area contributed by atoms with Crippen molar-refractivity contribution in [1.82, 2.24) is 15.7 Å². The van der Waals surface area contributed by atoms with E-state index in [9.17, 15) is 24.8 Å². The minimum Gasteiger partial charge on any atom is -0.392 e. The van der Waals surface area contributed by atoms with E-state index in [1.165, 1.54) is 0 Å². The summed E-state index contributed by atoms with van der Waals surface area (Å²) in [5, 5.41) is 32.2. The van der Waals surface area contributed by atoms with Gasteiger partial charge in [-0.3, -0.25) is 29.8 Å². The van der Waals surface area contributed by atoms with Gasteiger partial charge in [-0.1, -0.05) is 73.2 Å². The molecule has 0 unspecified atom stereocenters. The highest BCUT2D eigenvalue weighted by Gasteiger charge is 2.34. The molecule has 4 N–H and O–H groups in total. The number of hydrogen-bond acceptors (Lipinski definition) is 10. The van der Waals surface area contributed by atoms with E-state index in [-0.39, 0.29) is 41.8 Å². The molecule has 6 rings (SSSR count). The maximum absolute atomic E-state index is 12.4. The Hall–Kier alpha value is -5.18. The van der Waals surface area contributed by atoms with Crippen molar-refractivity contribution in [3.8, 4) is 11.1 Å². The first-order valence-electron chi connectivity index (χ1n) is 18.9. The minimum atomic E-state index is -0.579. The van der Waals surface area contributed by atoms with Crippen LogP contribution in [0.15, 0.2) is 97.1 Å². The Kier molecular flexibility index (Phi) is 14.0. The number of nitrogens with zero attached hydrogens (tertiary/aromatic N) is 3. The number of carbonyl (C=O) groups is 2. The molecule has 4 aromatic carbocycles. The number of unbranched alkanes of at least 4 members (excludes halogenated alkanes) is 2. The summed E-state index contributed by atoms with van der Waals surface area (Å²) in [4.78, 5) is 38.9. The van der Waals surface area contributed by atoms with Crippen LogP contribution in [0.4, 0.5) is 11.4 Å². The number of non-ortho nitro benzene ring substituents is 1. The quantitative estimate of drug-likeness (QED) is 0.0449. The number of anilines is 1. The van der Waals surface area contributed by atoms with Crippen molar-refractivity contribution in [2.45, 2.75) is 70.2 Å². The Balaban J connectivity index is 1.06. The normalized spacial score (nSPS) is 18.8. The highest BCUT2D eigenvalue weighted by molar-refractivity contribution is 5.76. The van der Waals surface area contributed by atoms with Crippen molar-refractivity contribution < 1.29 is 34.3 Å². The summed E-state index contributed by atoms with van der Waals surface area (Å²) < 4.78 is 13.2. The van der Waals surface area contributed by atoms with Gasteiger partial charge in [-0.05, 0) is 58.9 Å². The van der Waals surface area contributed by atoms with Gasteiger partial charge in [-0.2, -0.15) is 0 Å². The van der Waals surface area contributed by atoms with Crippen LogP contribution in [0.5, 0.6) is 0 Å². The lowest BCUT2D eigenvalue weighted by Gasteiger charge is -2.41. The van der Waals surface area contributed by atoms with Gasteiger partial charge >= 0.3 is 0 Å². The van der Waals surface area contributed by atoms with E-state index < -0.39 is 12.2 Å². The molecule has 0 aromatic heterocycles. The van der Waals surface area contributed by atoms with Crippen molar-refractivity contribution >= 4 is 23.2 Å². The highest BCUT2D eigenvalue weighted by Crippen LogP contribution is 2.39. The number of hydrogen-bond donors (Lipinski definition) is 4. The van der Waals surface area contributed by atoms with E-state index in [1.807, 2.05) is 66.7 Å². The predicted molar refractivity (Wildman–Crippen MR) is 207 cm³/mol. The molecule has 13 heteroatoms. The number of nitro benzene ring substituents is 1. The molecule has 2 saturated heterocycles. The maximum atomic E-state index is 12.4. The molecule has 2 aliphatic heterocycles. The molecule has 13 nitrogen and oxygen atoms in total. The van der Waals surface area contributed by atoms with Gasteiger partial charge in [0.15, 0.2) is 6.29 Å². The lowest BCUT2D eigenvalue weighted by molar-refractivity contribution is -0.384. The fourth-order valence-electron chi connectivity index (χ4n) is 7.08. The predicted octanol–water partition coefficient (Wildman–Crippen LogP) is 6.19. The van der Waals surface area contributed by atoms with Gasteiger partial charge in [-0.25, -0.2) is 5.48 Å². The molecule has 0 bridgehead atoms. The molecule has 4 aromatic rings. The summed E-state index contributed by atoms with van der Waals surface area (Å²) in [6.07, 6.45) is 2.45. The Morgan fingerprint density at radius 3 is 2.15 bits per heavy atom. The Bertz CT molecular complexity index is 1860. The number of aliphatic hydroxyl groups is 1. The summed E-state index contributed by atoms with van der Waals surface area (Å²) in [6, 6.07) is 30.9. The number of piperazine rings is 1. The van der Waals surface area contributed by atoms with E-state index in [0.717, 1.165) is 78.2 Å². The molecule has 2 fully saturated rings. The first kappa shape index (κ1) is 39.5. The van der Waals surface area contributed by atoms with Crippen LogP contribution in [0.1, 0.15) is 73.2 Å². The molecule has 0 saturated carbocycles. The van der Waals surface area contributed by atoms with Crippen LogP contribution in [0, 0.1) is 10.1 Å². The number of carbonyl (C=O) groups excluding carboxylic acids is 2. The molecule has 290 valence electrons. The fourth-order valence-corrected chi connectivity index (χ4v) is 7.08. The SMILES string of the molecule is O=C(CCCCCC(=O)NCc1cccc(-c2ccc([C@H]3O[C@@H](CN4CCN(c5ccc([N+](=O)[O-])cc5)CC4)C[C@@H](c4ccc(CO)cc4)O3)cc2)c1)NO. The third-order valence-electron chi connectivity index (χ3n) is 10.2. The minimum absolute atomic E-state index is 0.0214. The second-order valence-corrected chi connectivity index (χ2v) is 14.1. The zero-order chi connectivity index (χ0) is 38.6. The molecule has 0 radical (unpaired) electrons. The molecule has 55 heavy (non-hydrogen) atoms. The number of hydroxylamine groups is 1. The molecule has 3 atom stereocenters. The van der Waals surface area contributed by atoms with Crippen LogP contribution < -0.4 is 15.7 Å². The van der Waals surface area contributed by atoms with Gasteiger partial charge in [0.1, 0.15) is 0 Å². The van der Waals surface area contributed by atoms with Gasteiger partial charge in [-0.15, -0.1) is 0 Å². The highest BCUT2D eigenvalue weighted by atomic mass is 16.7. The zero-order valence-corrected chi connectivity index (χ0v) is 30.8.